The van der Waals surface area contributed by atoms with Crippen LogP contribution in [-0.2, 0) is 9.59 Å². The fourth-order valence-corrected chi connectivity index (χ4v) is 1.68. The predicted molar refractivity (Wildman–Crippen MR) is 66.8 cm³/mol. The highest BCUT2D eigenvalue weighted by molar-refractivity contribution is 6.39. The molecule has 0 aromatic heterocycles. The van der Waals surface area contributed by atoms with Crippen molar-refractivity contribution < 1.29 is 23.5 Å². The SMILES string of the molecule is O=C(NCC1(CO)CC1)C(=O)Nc1ccc(F)c(F)c1. The summed E-state index contributed by atoms with van der Waals surface area (Å²) in [6.07, 6.45) is 1.60. The van der Waals surface area contributed by atoms with Gasteiger partial charge in [-0.15, -0.1) is 0 Å². The van der Waals surface area contributed by atoms with Gasteiger partial charge in [0.15, 0.2) is 11.6 Å². The molecular weight excluding hydrogens is 270 g/mol. The van der Waals surface area contributed by atoms with Crippen LogP contribution in [0.25, 0.3) is 0 Å². The third-order valence-electron chi connectivity index (χ3n) is 3.30. The van der Waals surface area contributed by atoms with Crippen LogP contribution in [0.15, 0.2) is 18.2 Å². The molecule has 1 fully saturated rings. The molecule has 20 heavy (non-hydrogen) atoms. The number of rotatable bonds is 4. The number of benzene rings is 1. The average molecular weight is 284 g/mol. The number of aliphatic hydroxyl groups excluding tert-OH is 1. The maximum atomic E-state index is 12.9. The number of amides is 2. The van der Waals surface area contributed by atoms with Crippen molar-refractivity contribution in [2.45, 2.75) is 12.8 Å². The zero-order valence-corrected chi connectivity index (χ0v) is 10.6. The van der Waals surface area contributed by atoms with Gasteiger partial charge in [-0.2, -0.15) is 0 Å². The van der Waals surface area contributed by atoms with E-state index in [0.29, 0.717) is 0 Å². The molecule has 0 bridgehead atoms. The number of carbonyl (C=O) groups is 2. The second-order valence-electron chi connectivity index (χ2n) is 4.92. The molecule has 0 spiro atoms. The molecule has 1 aliphatic rings. The summed E-state index contributed by atoms with van der Waals surface area (Å²) in [5, 5.41) is 13.6. The minimum Gasteiger partial charge on any atom is -0.396 e. The number of aliphatic hydroxyl groups is 1. The highest BCUT2D eigenvalue weighted by atomic mass is 19.2. The van der Waals surface area contributed by atoms with E-state index in [2.05, 4.69) is 10.6 Å². The zero-order chi connectivity index (χ0) is 14.8. The molecule has 2 amide bonds. The fourth-order valence-electron chi connectivity index (χ4n) is 1.68. The van der Waals surface area contributed by atoms with Crippen LogP contribution in [-0.4, -0.2) is 30.1 Å². The normalized spacial score (nSPS) is 15.6. The summed E-state index contributed by atoms with van der Waals surface area (Å²) in [6, 6.07) is 2.80. The Bertz CT molecular complexity index is 544. The van der Waals surface area contributed by atoms with E-state index in [1.54, 1.807) is 0 Å². The maximum absolute atomic E-state index is 12.9. The Labute approximate surface area is 114 Å². The summed E-state index contributed by atoms with van der Waals surface area (Å²) in [6.45, 7) is 0.172. The Morgan fingerprint density at radius 2 is 1.90 bits per heavy atom. The smallest absolute Gasteiger partial charge is 0.313 e. The lowest BCUT2D eigenvalue weighted by Crippen LogP contribution is -2.39. The summed E-state index contributed by atoms with van der Waals surface area (Å²) in [4.78, 5) is 23.0. The van der Waals surface area contributed by atoms with Crippen LogP contribution in [0.2, 0.25) is 0 Å². The number of nitrogens with one attached hydrogen (secondary N) is 2. The Balaban J connectivity index is 1.87. The molecule has 0 aliphatic heterocycles. The molecule has 0 saturated heterocycles. The van der Waals surface area contributed by atoms with Crippen molar-refractivity contribution in [3.63, 3.8) is 0 Å². The van der Waals surface area contributed by atoms with Gasteiger partial charge in [-0.3, -0.25) is 9.59 Å². The summed E-state index contributed by atoms with van der Waals surface area (Å²) in [5.41, 5.74) is -0.315. The average Bonchev–Trinajstić information content (AvgIpc) is 3.21. The first kappa shape index (κ1) is 14.4. The van der Waals surface area contributed by atoms with E-state index in [4.69, 9.17) is 5.11 Å². The second kappa shape index (κ2) is 5.54. The molecule has 1 aromatic carbocycles. The first-order chi connectivity index (χ1) is 9.46. The molecule has 0 radical (unpaired) electrons. The van der Waals surface area contributed by atoms with Crippen LogP contribution in [0.4, 0.5) is 14.5 Å². The van der Waals surface area contributed by atoms with E-state index in [1.165, 1.54) is 0 Å². The second-order valence-corrected chi connectivity index (χ2v) is 4.92. The third-order valence-corrected chi connectivity index (χ3v) is 3.30. The fraction of sp³-hybridized carbons (Fsp3) is 0.385. The topological polar surface area (TPSA) is 78.4 Å². The number of carbonyl (C=O) groups excluding carboxylic acids is 2. The minimum absolute atomic E-state index is 0.00709. The van der Waals surface area contributed by atoms with Crippen molar-refractivity contribution in [2.24, 2.45) is 5.41 Å². The Morgan fingerprint density at radius 3 is 2.45 bits per heavy atom. The van der Waals surface area contributed by atoms with E-state index < -0.39 is 23.4 Å². The predicted octanol–water partition coefficient (Wildman–Crippen LogP) is 0.792. The van der Waals surface area contributed by atoms with Gasteiger partial charge < -0.3 is 15.7 Å². The zero-order valence-electron chi connectivity index (χ0n) is 10.6. The molecule has 3 N–H and O–H groups in total. The van der Waals surface area contributed by atoms with Gasteiger partial charge in [0.1, 0.15) is 0 Å². The lowest BCUT2D eigenvalue weighted by atomic mass is 10.1. The van der Waals surface area contributed by atoms with Gasteiger partial charge in [0.25, 0.3) is 0 Å². The Morgan fingerprint density at radius 1 is 1.20 bits per heavy atom. The molecule has 1 aliphatic carbocycles. The third kappa shape index (κ3) is 3.30. The van der Waals surface area contributed by atoms with Crippen molar-refractivity contribution in [2.75, 3.05) is 18.5 Å². The van der Waals surface area contributed by atoms with Crippen LogP contribution in [0.1, 0.15) is 12.8 Å². The van der Waals surface area contributed by atoms with Gasteiger partial charge >= 0.3 is 11.8 Å². The van der Waals surface area contributed by atoms with Gasteiger partial charge in [-0.1, -0.05) is 0 Å². The standard InChI is InChI=1S/C13H14F2N2O3/c14-9-2-1-8(5-10(9)15)17-12(20)11(19)16-6-13(7-18)3-4-13/h1-2,5,18H,3-4,6-7H2,(H,16,19)(H,17,20). The number of halogens is 2. The molecule has 0 atom stereocenters. The van der Waals surface area contributed by atoms with Crippen LogP contribution in [0.3, 0.4) is 0 Å². The van der Waals surface area contributed by atoms with E-state index in [0.717, 1.165) is 31.0 Å². The highest BCUT2D eigenvalue weighted by Gasteiger charge is 2.42. The van der Waals surface area contributed by atoms with Crippen LogP contribution < -0.4 is 10.6 Å². The first-order valence-corrected chi connectivity index (χ1v) is 6.11. The Kier molecular flexibility index (Phi) is 3.99. The molecular formula is C13H14F2N2O3. The van der Waals surface area contributed by atoms with Crippen LogP contribution in [0, 0.1) is 17.0 Å². The van der Waals surface area contributed by atoms with Gasteiger partial charge in [-0.05, 0) is 25.0 Å². The lowest BCUT2D eigenvalue weighted by molar-refractivity contribution is -0.136. The van der Waals surface area contributed by atoms with Gasteiger partial charge in [-0.25, -0.2) is 8.78 Å². The summed E-state index contributed by atoms with van der Waals surface area (Å²) in [5.74, 6) is -3.99. The molecule has 5 nitrogen and oxygen atoms in total. The summed E-state index contributed by atoms with van der Waals surface area (Å²) in [7, 11) is 0. The van der Waals surface area contributed by atoms with Crippen molar-refractivity contribution in [1.29, 1.82) is 0 Å². The Hall–Kier alpha value is -2.02. The van der Waals surface area contributed by atoms with Crippen LogP contribution in [0.5, 0.6) is 0 Å². The number of hydrogen-bond acceptors (Lipinski definition) is 3. The van der Waals surface area contributed by atoms with Crippen molar-refractivity contribution in [3.05, 3.63) is 29.8 Å². The molecule has 0 unspecified atom stereocenters. The quantitative estimate of drug-likeness (QED) is 0.715. The van der Waals surface area contributed by atoms with E-state index in [-0.39, 0.29) is 24.3 Å². The molecule has 108 valence electrons. The molecule has 1 aromatic rings. The molecule has 2 rings (SSSR count). The van der Waals surface area contributed by atoms with Gasteiger partial charge in [0.05, 0.1) is 6.61 Å². The molecule has 0 heterocycles. The largest absolute Gasteiger partial charge is 0.396 e. The highest BCUT2D eigenvalue weighted by Crippen LogP contribution is 2.44. The van der Waals surface area contributed by atoms with E-state index >= 15 is 0 Å². The van der Waals surface area contributed by atoms with Crippen LogP contribution >= 0.6 is 0 Å². The monoisotopic (exact) mass is 284 g/mol. The van der Waals surface area contributed by atoms with Gasteiger partial charge in [0.2, 0.25) is 0 Å². The van der Waals surface area contributed by atoms with E-state index in [9.17, 15) is 18.4 Å². The van der Waals surface area contributed by atoms with E-state index in [1.807, 2.05) is 0 Å². The van der Waals surface area contributed by atoms with Crippen molar-refractivity contribution in [3.8, 4) is 0 Å². The summed E-state index contributed by atoms with van der Waals surface area (Å²) >= 11 is 0. The maximum Gasteiger partial charge on any atom is 0.313 e. The molecule has 7 heteroatoms. The minimum atomic E-state index is -1.11. The van der Waals surface area contributed by atoms with Crippen molar-refractivity contribution in [1.82, 2.24) is 5.32 Å². The molecule has 1 saturated carbocycles. The van der Waals surface area contributed by atoms with Gasteiger partial charge in [0, 0.05) is 23.7 Å². The lowest BCUT2D eigenvalue weighted by Gasteiger charge is -2.12. The first-order valence-electron chi connectivity index (χ1n) is 6.11. The summed E-state index contributed by atoms with van der Waals surface area (Å²) < 4.78 is 25.6. The van der Waals surface area contributed by atoms with Crippen molar-refractivity contribution >= 4 is 17.5 Å². The number of anilines is 1. The number of hydrogen-bond donors (Lipinski definition) is 3.